The number of aromatic nitrogens is 3. The van der Waals surface area contributed by atoms with Gasteiger partial charge in [0.2, 0.25) is 0 Å². The maximum absolute atomic E-state index is 9.75. The van der Waals surface area contributed by atoms with Crippen molar-refractivity contribution >= 4 is 10.9 Å². The number of hydrogen-bond acceptors (Lipinski definition) is 6. The first-order valence-electron chi connectivity index (χ1n) is 10.3. The second-order valence-corrected chi connectivity index (χ2v) is 7.85. The van der Waals surface area contributed by atoms with E-state index in [1.54, 1.807) is 25.7 Å². The van der Waals surface area contributed by atoms with E-state index < -0.39 is 0 Å². The molecule has 0 saturated heterocycles. The zero-order valence-corrected chi connectivity index (χ0v) is 16.8. The van der Waals surface area contributed by atoms with E-state index in [1.165, 1.54) is 31.9 Å². The summed E-state index contributed by atoms with van der Waals surface area (Å²) in [4.78, 5) is 13.2. The number of ether oxygens (including phenoxy) is 1. The van der Waals surface area contributed by atoms with Crippen LogP contribution in [-0.2, 0) is 11.2 Å². The summed E-state index contributed by atoms with van der Waals surface area (Å²) >= 11 is 0. The molecule has 1 aliphatic rings. The van der Waals surface area contributed by atoms with Gasteiger partial charge in [-0.3, -0.25) is 4.98 Å². The summed E-state index contributed by atoms with van der Waals surface area (Å²) < 4.78 is 5.13. The number of nitrogens with zero attached hydrogens (tertiary/aromatic N) is 3. The molecule has 1 saturated carbocycles. The Morgan fingerprint density at radius 1 is 1.07 bits per heavy atom. The van der Waals surface area contributed by atoms with E-state index in [0.717, 1.165) is 47.3 Å². The first-order chi connectivity index (χ1) is 14.2. The molecule has 0 radical (unpaired) electrons. The Bertz CT molecular complexity index is 955. The fourth-order valence-electron chi connectivity index (χ4n) is 4.25. The van der Waals surface area contributed by atoms with E-state index in [2.05, 4.69) is 26.3 Å². The SMILES string of the molecule is COCCNC1CCC(Cc2ncnc3ccc(-c4cncc(O)c4)cc23)CC1. The molecule has 3 aromatic rings. The predicted molar refractivity (Wildman–Crippen MR) is 114 cm³/mol. The topological polar surface area (TPSA) is 80.2 Å². The molecular formula is C23H28N4O2. The number of methoxy groups -OCH3 is 1. The second kappa shape index (κ2) is 9.29. The zero-order valence-electron chi connectivity index (χ0n) is 16.8. The van der Waals surface area contributed by atoms with Crippen molar-refractivity contribution in [2.24, 2.45) is 5.92 Å². The number of nitrogens with one attached hydrogen (secondary N) is 1. The van der Waals surface area contributed by atoms with Gasteiger partial charge in [0.15, 0.2) is 0 Å². The van der Waals surface area contributed by atoms with E-state index in [1.807, 2.05) is 12.1 Å². The molecule has 1 fully saturated rings. The molecule has 29 heavy (non-hydrogen) atoms. The van der Waals surface area contributed by atoms with E-state index in [0.29, 0.717) is 12.0 Å². The first-order valence-corrected chi connectivity index (χ1v) is 10.3. The van der Waals surface area contributed by atoms with Crippen LogP contribution in [0, 0.1) is 5.92 Å². The minimum atomic E-state index is 0.169. The molecule has 0 aliphatic heterocycles. The van der Waals surface area contributed by atoms with Crippen LogP contribution in [0.3, 0.4) is 0 Å². The molecule has 4 rings (SSSR count). The summed E-state index contributed by atoms with van der Waals surface area (Å²) in [5, 5.41) is 14.4. The van der Waals surface area contributed by atoms with Crippen LogP contribution < -0.4 is 5.32 Å². The zero-order chi connectivity index (χ0) is 20.1. The van der Waals surface area contributed by atoms with Crippen molar-refractivity contribution in [3.8, 4) is 16.9 Å². The fourth-order valence-corrected chi connectivity index (χ4v) is 4.25. The van der Waals surface area contributed by atoms with Crippen molar-refractivity contribution in [3.63, 3.8) is 0 Å². The van der Waals surface area contributed by atoms with Gasteiger partial charge in [-0.2, -0.15) is 0 Å². The van der Waals surface area contributed by atoms with E-state index in [9.17, 15) is 5.11 Å². The van der Waals surface area contributed by atoms with Crippen LogP contribution in [0.15, 0.2) is 43.0 Å². The van der Waals surface area contributed by atoms with Crippen molar-refractivity contribution in [1.29, 1.82) is 0 Å². The van der Waals surface area contributed by atoms with E-state index in [-0.39, 0.29) is 5.75 Å². The highest BCUT2D eigenvalue weighted by molar-refractivity contribution is 5.86. The third-order valence-corrected chi connectivity index (χ3v) is 5.84. The number of pyridine rings is 1. The van der Waals surface area contributed by atoms with E-state index in [4.69, 9.17) is 4.74 Å². The van der Waals surface area contributed by atoms with Gasteiger partial charge in [0.05, 0.1) is 24.0 Å². The standard InChI is InChI=1S/C23H28N4O2/c1-29-9-8-25-19-5-2-16(3-6-19)10-23-21-12-17(4-7-22(21)26-15-27-23)18-11-20(28)14-24-13-18/h4,7,11-16,19,25,28H,2-3,5-6,8-10H2,1H3. The summed E-state index contributed by atoms with van der Waals surface area (Å²) in [5.74, 6) is 0.822. The molecule has 1 aromatic carbocycles. The van der Waals surface area contributed by atoms with Gasteiger partial charge in [-0.1, -0.05) is 6.07 Å². The lowest BCUT2D eigenvalue weighted by molar-refractivity contribution is 0.188. The van der Waals surface area contributed by atoms with Crippen LogP contribution in [0.5, 0.6) is 5.75 Å². The van der Waals surface area contributed by atoms with Crippen LogP contribution in [-0.4, -0.2) is 46.4 Å². The summed E-state index contributed by atoms with van der Waals surface area (Å²) in [5.41, 5.74) is 3.98. The van der Waals surface area contributed by atoms with Crippen molar-refractivity contribution in [2.45, 2.75) is 38.1 Å². The Hall–Kier alpha value is -2.57. The molecule has 6 nitrogen and oxygen atoms in total. The molecule has 0 amide bonds. The fraction of sp³-hybridized carbons (Fsp3) is 0.435. The number of aromatic hydroxyl groups is 1. The number of rotatable bonds is 7. The smallest absolute Gasteiger partial charge is 0.134 e. The highest BCUT2D eigenvalue weighted by Crippen LogP contribution is 2.31. The van der Waals surface area contributed by atoms with Crippen LogP contribution in [0.25, 0.3) is 22.0 Å². The molecule has 0 bridgehead atoms. The predicted octanol–water partition coefficient (Wildman–Crippen LogP) is 3.73. The van der Waals surface area contributed by atoms with Crippen LogP contribution in [0.2, 0.25) is 0 Å². The Kier molecular flexibility index (Phi) is 6.32. The van der Waals surface area contributed by atoms with Gasteiger partial charge in [-0.05, 0) is 61.8 Å². The Labute approximate surface area is 171 Å². The molecule has 2 N–H and O–H groups in total. The van der Waals surface area contributed by atoms with Crippen LogP contribution in [0.4, 0.5) is 0 Å². The van der Waals surface area contributed by atoms with Crippen molar-refractivity contribution in [3.05, 3.63) is 48.7 Å². The molecule has 2 aromatic heterocycles. The van der Waals surface area contributed by atoms with Crippen LogP contribution >= 0.6 is 0 Å². The largest absolute Gasteiger partial charge is 0.506 e. The highest BCUT2D eigenvalue weighted by Gasteiger charge is 2.22. The number of fused-ring (bicyclic) bond motifs is 1. The quantitative estimate of drug-likeness (QED) is 0.597. The maximum atomic E-state index is 9.75. The summed E-state index contributed by atoms with van der Waals surface area (Å²) in [6.07, 6.45) is 10.7. The van der Waals surface area contributed by atoms with Crippen molar-refractivity contribution in [1.82, 2.24) is 20.3 Å². The van der Waals surface area contributed by atoms with Gasteiger partial charge in [0, 0.05) is 36.8 Å². The van der Waals surface area contributed by atoms with Gasteiger partial charge in [0.25, 0.3) is 0 Å². The molecule has 1 aliphatic carbocycles. The minimum Gasteiger partial charge on any atom is -0.506 e. The highest BCUT2D eigenvalue weighted by atomic mass is 16.5. The number of hydrogen-bond donors (Lipinski definition) is 2. The second-order valence-electron chi connectivity index (χ2n) is 7.85. The average molecular weight is 393 g/mol. The summed E-state index contributed by atoms with van der Waals surface area (Å²) in [6, 6.07) is 8.51. The molecule has 0 atom stereocenters. The molecule has 0 spiro atoms. The Morgan fingerprint density at radius 2 is 1.93 bits per heavy atom. The maximum Gasteiger partial charge on any atom is 0.134 e. The third-order valence-electron chi connectivity index (χ3n) is 5.84. The third kappa shape index (κ3) is 4.89. The molecule has 6 heteroatoms. The first kappa shape index (κ1) is 19.7. The average Bonchev–Trinajstić information content (AvgIpc) is 2.75. The molecule has 0 unspecified atom stereocenters. The minimum absolute atomic E-state index is 0.169. The van der Waals surface area contributed by atoms with Gasteiger partial charge >= 0.3 is 0 Å². The van der Waals surface area contributed by atoms with Gasteiger partial charge in [-0.25, -0.2) is 9.97 Å². The Balaban J connectivity index is 1.48. The van der Waals surface area contributed by atoms with Gasteiger partial charge in [0.1, 0.15) is 12.1 Å². The normalized spacial score (nSPS) is 19.5. The lowest BCUT2D eigenvalue weighted by atomic mass is 9.83. The van der Waals surface area contributed by atoms with E-state index >= 15 is 0 Å². The van der Waals surface area contributed by atoms with Crippen molar-refractivity contribution < 1.29 is 9.84 Å². The lowest BCUT2D eigenvalue weighted by Gasteiger charge is -2.29. The number of benzene rings is 1. The Morgan fingerprint density at radius 3 is 2.72 bits per heavy atom. The molecule has 152 valence electrons. The van der Waals surface area contributed by atoms with Crippen LogP contribution in [0.1, 0.15) is 31.4 Å². The lowest BCUT2D eigenvalue weighted by Crippen LogP contribution is -2.35. The van der Waals surface area contributed by atoms with Crippen molar-refractivity contribution in [2.75, 3.05) is 20.3 Å². The summed E-state index contributed by atoms with van der Waals surface area (Å²) in [6.45, 7) is 1.69. The summed E-state index contributed by atoms with van der Waals surface area (Å²) in [7, 11) is 1.74. The monoisotopic (exact) mass is 392 g/mol. The van der Waals surface area contributed by atoms with Gasteiger partial charge < -0.3 is 15.2 Å². The molecular weight excluding hydrogens is 364 g/mol. The van der Waals surface area contributed by atoms with Gasteiger partial charge in [-0.15, -0.1) is 0 Å². The molecule has 2 heterocycles.